The summed E-state index contributed by atoms with van der Waals surface area (Å²) in [6.07, 6.45) is 5.38. The van der Waals surface area contributed by atoms with Gasteiger partial charge in [-0.3, -0.25) is 4.79 Å². The first-order valence-corrected chi connectivity index (χ1v) is 27.6. The number of amides is 1. The fourth-order valence-corrected chi connectivity index (χ4v) is 12.9. The lowest BCUT2D eigenvalue weighted by atomic mass is 9.71. The molecule has 0 aliphatic carbocycles. The Morgan fingerprint density at radius 2 is 1.51 bits per heavy atom. The minimum absolute atomic E-state index is 0.0325. The summed E-state index contributed by atoms with van der Waals surface area (Å²) in [5, 5.41) is 18.7. The molecule has 3 aliphatic heterocycles. The molecular weight excluding hydrogens is 967 g/mol. The van der Waals surface area contributed by atoms with Crippen molar-refractivity contribution < 1.29 is 39.9 Å². The number of hydrogen-bond acceptors (Lipinski definition) is 11. The zero-order chi connectivity index (χ0) is 48.8. The number of piperidine rings is 3. The topological polar surface area (TPSA) is 148 Å². The number of thioether (sulfide) groups is 1. The Kier molecular flexibility index (Phi) is 16.0. The van der Waals surface area contributed by atoms with Crippen LogP contribution in [-0.4, -0.2) is 95.9 Å². The number of sulfonamides is 1. The number of likely N-dealkylation sites (tertiary alicyclic amines) is 1. The first-order valence-electron chi connectivity index (χ1n) is 23.3. The maximum atomic E-state index is 14.4. The summed E-state index contributed by atoms with van der Waals surface area (Å²) in [4.78, 5) is 16.8. The normalized spacial score (nSPS) is 18.1. The highest BCUT2D eigenvalue weighted by atomic mass is 35.5. The number of alkyl halides is 3. The molecule has 1 spiro atoms. The van der Waals surface area contributed by atoms with E-state index in [-0.39, 0.29) is 11.5 Å². The fourth-order valence-electron chi connectivity index (χ4n) is 9.77. The number of benzene rings is 5. The molecule has 5 aromatic carbocycles. The van der Waals surface area contributed by atoms with E-state index in [0.717, 1.165) is 85.6 Å². The Hall–Kier alpha value is -4.62. The van der Waals surface area contributed by atoms with E-state index in [1.54, 1.807) is 24.3 Å². The molecule has 3 heterocycles. The van der Waals surface area contributed by atoms with E-state index in [0.29, 0.717) is 66.8 Å². The predicted octanol–water partition coefficient (Wildman–Crippen LogP) is 9.80. The van der Waals surface area contributed by atoms with E-state index in [4.69, 9.17) is 11.6 Å². The van der Waals surface area contributed by atoms with Gasteiger partial charge in [0.05, 0.1) is 16.7 Å². The quantitative estimate of drug-likeness (QED) is 0.0701. The summed E-state index contributed by atoms with van der Waals surface area (Å²) < 4.78 is 99.0. The first-order chi connectivity index (χ1) is 33.0. The zero-order valence-electron chi connectivity index (χ0n) is 38.0. The third-order valence-electron chi connectivity index (χ3n) is 13.9. The average Bonchev–Trinajstić information content (AvgIpc) is 3.35. The third-order valence-corrected chi connectivity index (χ3v) is 18.2. The van der Waals surface area contributed by atoms with Crippen molar-refractivity contribution in [3.8, 4) is 11.1 Å². The average molecular weight is 1020 g/mol. The predicted molar refractivity (Wildman–Crippen MR) is 267 cm³/mol. The number of carbonyl (C=O) groups is 1. The monoisotopic (exact) mass is 1020 g/mol. The number of anilines is 2. The molecule has 8 rings (SSSR count). The SMILES string of the molecule is O=C(NS(=O)(=O)c1ccc(N[C@H](CCN2CCC3(CCNCC3)CC2)CSc2ccccc2)c(S(=O)(=O)C(F)(F)F)c1)c1cccc(N2CCC([C@@H](O)c3ccccc3-c3ccc(Cl)cc3)CC2)c1. The van der Waals surface area contributed by atoms with Crippen molar-refractivity contribution in [2.45, 2.75) is 77.3 Å². The molecule has 11 nitrogen and oxygen atoms in total. The number of carbonyl (C=O) groups excluding carboxylic acids is 1. The van der Waals surface area contributed by atoms with Crippen molar-refractivity contribution >= 4 is 60.5 Å². The van der Waals surface area contributed by atoms with Gasteiger partial charge < -0.3 is 25.5 Å². The van der Waals surface area contributed by atoms with Crippen LogP contribution in [0.2, 0.25) is 5.02 Å². The number of hydrogen-bond donors (Lipinski definition) is 4. The number of nitrogens with one attached hydrogen (secondary N) is 3. The summed E-state index contributed by atoms with van der Waals surface area (Å²) in [5.41, 5.74) is -2.56. The largest absolute Gasteiger partial charge is 0.501 e. The number of nitrogens with zero attached hydrogens (tertiary/aromatic N) is 2. The molecule has 1 amide bonds. The van der Waals surface area contributed by atoms with Gasteiger partial charge in [0.1, 0.15) is 4.90 Å². The molecule has 0 aromatic heterocycles. The molecule has 0 bridgehead atoms. The highest BCUT2D eigenvalue weighted by Gasteiger charge is 2.48. The minimum atomic E-state index is -6.08. The van der Waals surface area contributed by atoms with Crippen LogP contribution >= 0.6 is 23.4 Å². The highest BCUT2D eigenvalue weighted by molar-refractivity contribution is 7.99. The number of halogens is 4. The molecular formula is C51H57ClF3N5O6S3. The van der Waals surface area contributed by atoms with Crippen LogP contribution in [-0.2, 0) is 19.9 Å². The van der Waals surface area contributed by atoms with E-state index in [1.165, 1.54) is 23.9 Å². The lowest BCUT2D eigenvalue weighted by molar-refractivity contribution is -0.0435. The van der Waals surface area contributed by atoms with Crippen LogP contribution in [0.4, 0.5) is 24.5 Å². The van der Waals surface area contributed by atoms with Gasteiger partial charge in [-0.2, -0.15) is 13.2 Å². The van der Waals surface area contributed by atoms with E-state index in [9.17, 15) is 39.9 Å². The number of aliphatic hydroxyl groups is 1. The fraction of sp³-hybridized carbons (Fsp3) is 0.392. The van der Waals surface area contributed by atoms with Gasteiger partial charge in [-0.25, -0.2) is 21.6 Å². The van der Waals surface area contributed by atoms with Gasteiger partial charge >= 0.3 is 5.51 Å². The minimum Gasteiger partial charge on any atom is -0.388 e. The van der Waals surface area contributed by atoms with Gasteiger partial charge in [0.15, 0.2) is 0 Å². The van der Waals surface area contributed by atoms with Crippen LogP contribution in [0.5, 0.6) is 0 Å². The van der Waals surface area contributed by atoms with E-state index in [2.05, 4.69) is 15.5 Å². The smallest absolute Gasteiger partial charge is 0.388 e. The zero-order valence-corrected chi connectivity index (χ0v) is 41.2. The van der Waals surface area contributed by atoms with Crippen LogP contribution in [0.15, 0.2) is 136 Å². The maximum absolute atomic E-state index is 14.4. The number of aliphatic hydroxyl groups excluding tert-OH is 1. The van der Waals surface area contributed by atoms with Gasteiger partial charge in [-0.1, -0.05) is 72.3 Å². The second-order valence-corrected chi connectivity index (χ2v) is 23.4. The molecule has 0 saturated carbocycles. The second-order valence-electron chi connectivity index (χ2n) is 18.3. The standard InChI is InChI=1S/C51H57ClF3N5O6S3/c52-39-15-13-36(14-16-39)44-11-4-5-12-45(44)48(61)37-19-29-60(30-20-37)41-8-6-7-38(33-41)49(62)58-69(65,66)43-17-18-46(47(34-43)68(63,64)51(53,54)55)57-40(35-67-42-9-2-1-3-10-42)21-28-59-31-24-50(25-32-59)22-26-56-27-23-50/h1-18,33-34,37,40,48,56-57,61H,19-32,35H2,(H,58,62)/t40-,48-/m1/s1. The van der Waals surface area contributed by atoms with Crippen LogP contribution in [0.1, 0.15) is 67.0 Å². The molecule has 0 radical (unpaired) electrons. The Morgan fingerprint density at radius 1 is 0.826 bits per heavy atom. The van der Waals surface area contributed by atoms with Crippen LogP contribution < -0.4 is 20.3 Å². The van der Waals surface area contributed by atoms with Crippen molar-refractivity contribution in [1.29, 1.82) is 0 Å². The van der Waals surface area contributed by atoms with Crippen LogP contribution in [0.25, 0.3) is 11.1 Å². The Bertz CT molecular complexity index is 2780. The van der Waals surface area contributed by atoms with Gasteiger partial charge in [-0.05, 0) is 160 Å². The molecule has 18 heteroatoms. The molecule has 3 saturated heterocycles. The summed E-state index contributed by atoms with van der Waals surface area (Å²) in [5.74, 6) is -0.733. The van der Waals surface area contributed by atoms with E-state index >= 15 is 0 Å². The molecule has 2 atom stereocenters. The van der Waals surface area contributed by atoms with Crippen molar-refractivity contribution in [1.82, 2.24) is 14.9 Å². The van der Waals surface area contributed by atoms with Crippen molar-refractivity contribution in [2.24, 2.45) is 11.3 Å². The molecule has 69 heavy (non-hydrogen) atoms. The summed E-state index contributed by atoms with van der Waals surface area (Å²) in [7, 11) is -11.0. The second kappa shape index (κ2) is 21.8. The summed E-state index contributed by atoms with van der Waals surface area (Å²) in [6.45, 7) is 5.49. The lowest BCUT2D eigenvalue weighted by Gasteiger charge is -2.44. The highest BCUT2D eigenvalue weighted by Crippen LogP contribution is 2.41. The molecule has 368 valence electrons. The molecule has 3 fully saturated rings. The van der Waals surface area contributed by atoms with Gasteiger partial charge in [-0.15, -0.1) is 11.8 Å². The molecule has 4 N–H and O–H groups in total. The number of rotatable bonds is 16. The lowest BCUT2D eigenvalue weighted by Crippen LogP contribution is -2.46. The van der Waals surface area contributed by atoms with Gasteiger partial charge in [0.2, 0.25) is 0 Å². The first kappa shape index (κ1) is 50.8. The Labute approximate surface area is 412 Å². The molecule has 0 unspecified atom stereocenters. The Balaban J connectivity index is 0.953. The van der Waals surface area contributed by atoms with Crippen molar-refractivity contribution in [3.63, 3.8) is 0 Å². The van der Waals surface area contributed by atoms with Crippen molar-refractivity contribution in [3.05, 3.63) is 137 Å². The van der Waals surface area contributed by atoms with E-state index in [1.807, 2.05) is 76.4 Å². The summed E-state index contributed by atoms with van der Waals surface area (Å²) in [6, 6.07) is 32.9. The Morgan fingerprint density at radius 3 is 2.20 bits per heavy atom. The van der Waals surface area contributed by atoms with Crippen LogP contribution in [0, 0.1) is 11.3 Å². The summed E-state index contributed by atoms with van der Waals surface area (Å²) >= 11 is 7.59. The van der Waals surface area contributed by atoms with Gasteiger partial charge in [0.25, 0.3) is 25.8 Å². The van der Waals surface area contributed by atoms with Crippen LogP contribution in [0.3, 0.4) is 0 Å². The molecule has 3 aliphatic rings. The van der Waals surface area contributed by atoms with Crippen molar-refractivity contribution in [2.75, 3.05) is 61.8 Å². The number of sulfone groups is 1. The maximum Gasteiger partial charge on any atom is 0.501 e. The van der Waals surface area contributed by atoms with Gasteiger partial charge in [0, 0.05) is 52.6 Å². The molecule has 5 aromatic rings. The third kappa shape index (κ3) is 12.3. The van der Waals surface area contributed by atoms with E-state index < -0.39 is 58.9 Å².